The van der Waals surface area contributed by atoms with Gasteiger partial charge in [0, 0.05) is 25.8 Å². The van der Waals surface area contributed by atoms with Crippen LogP contribution in [0.25, 0.3) is 11.7 Å². The topological polar surface area (TPSA) is 57.9 Å². The fourth-order valence-electron chi connectivity index (χ4n) is 4.97. The second-order valence-electron chi connectivity index (χ2n) is 9.79. The highest BCUT2D eigenvalue weighted by Crippen LogP contribution is 2.34. The Labute approximate surface area is 224 Å². The van der Waals surface area contributed by atoms with Crippen LogP contribution in [0.4, 0.5) is 5.82 Å². The first-order valence-corrected chi connectivity index (χ1v) is 14.8. The van der Waals surface area contributed by atoms with E-state index in [0.29, 0.717) is 32.8 Å². The van der Waals surface area contributed by atoms with E-state index in [0.717, 1.165) is 38.8 Å². The Morgan fingerprint density at radius 2 is 1.64 bits per heavy atom. The van der Waals surface area contributed by atoms with Crippen LogP contribution in [-0.4, -0.2) is 44.1 Å². The molecule has 0 aromatic carbocycles. The molecule has 2 saturated heterocycles. The van der Waals surface area contributed by atoms with Crippen molar-refractivity contribution in [2.45, 2.75) is 84.0 Å². The van der Waals surface area contributed by atoms with Crippen LogP contribution in [0.2, 0.25) is 0 Å². The summed E-state index contributed by atoms with van der Waals surface area (Å²) in [4.78, 5) is 35.8. The van der Waals surface area contributed by atoms with Crippen molar-refractivity contribution < 1.29 is 4.79 Å². The summed E-state index contributed by atoms with van der Waals surface area (Å²) < 4.78 is 2.13. The highest BCUT2D eigenvalue weighted by atomic mass is 32.2. The van der Waals surface area contributed by atoms with Crippen LogP contribution in [0.5, 0.6) is 0 Å². The van der Waals surface area contributed by atoms with E-state index >= 15 is 0 Å². The number of pyridine rings is 1. The molecule has 0 saturated carbocycles. The van der Waals surface area contributed by atoms with Crippen molar-refractivity contribution in [3.05, 3.63) is 45.2 Å². The van der Waals surface area contributed by atoms with Gasteiger partial charge in [-0.05, 0) is 37.5 Å². The number of rotatable bonds is 13. The van der Waals surface area contributed by atoms with Gasteiger partial charge in [0.1, 0.15) is 15.8 Å². The molecule has 2 aliphatic heterocycles. The maximum absolute atomic E-state index is 13.4. The molecular formula is C28H38N4O2S2. The van der Waals surface area contributed by atoms with E-state index in [4.69, 9.17) is 17.2 Å². The number of nitrogens with zero attached hydrogens (tertiary/aromatic N) is 4. The zero-order chi connectivity index (χ0) is 25.3. The number of carbonyl (C=O) groups is 1. The molecule has 2 aromatic rings. The second kappa shape index (κ2) is 13.4. The van der Waals surface area contributed by atoms with Crippen molar-refractivity contribution >= 4 is 51.7 Å². The summed E-state index contributed by atoms with van der Waals surface area (Å²) in [5.74, 6) is 0.578. The Hall–Kier alpha value is -2.19. The first-order chi connectivity index (χ1) is 17.6. The van der Waals surface area contributed by atoms with Gasteiger partial charge in [0.2, 0.25) is 0 Å². The van der Waals surface area contributed by atoms with E-state index in [1.807, 2.05) is 18.2 Å². The third-order valence-corrected chi connectivity index (χ3v) is 8.42. The van der Waals surface area contributed by atoms with Crippen molar-refractivity contribution in [2.24, 2.45) is 0 Å². The molecule has 0 spiro atoms. The van der Waals surface area contributed by atoms with Crippen LogP contribution in [0.15, 0.2) is 34.1 Å². The van der Waals surface area contributed by atoms with Gasteiger partial charge in [0.25, 0.3) is 11.5 Å². The van der Waals surface area contributed by atoms with E-state index in [9.17, 15) is 9.59 Å². The standard InChI is InChI=1S/C28H38N4O2S2/c1-2-3-4-5-6-7-8-9-10-12-20-32-27(34)23(36-28(32)35)21-22-25(30-17-14-15-18-30)29-24-16-11-13-19-31(24)26(22)33/h11,13,16,19,21H,2-10,12,14-15,17-18,20H2,1H3/b23-21+. The van der Waals surface area contributed by atoms with E-state index < -0.39 is 0 Å². The molecule has 1 amide bonds. The lowest BCUT2D eigenvalue weighted by atomic mass is 10.1. The molecule has 0 bridgehead atoms. The monoisotopic (exact) mass is 526 g/mol. The molecule has 2 aliphatic rings. The zero-order valence-electron chi connectivity index (χ0n) is 21.4. The van der Waals surface area contributed by atoms with E-state index in [1.165, 1.54) is 63.1 Å². The van der Waals surface area contributed by atoms with E-state index in [2.05, 4.69) is 11.8 Å². The number of thioether (sulfide) groups is 1. The van der Waals surface area contributed by atoms with Gasteiger partial charge in [-0.2, -0.15) is 0 Å². The third kappa shape index (κ3) is 6.57. The summed E-state index contributed by atoms with van der Waals surface area (Å²) in [5.41, 5.74) is 0.942. The molecule has 0 aliphatic carbocycles. The van der Waals surface area contributed by atoms with Crippen LogP contribution >= 0.6 is 24.0 Å². The van der Waals surface area contributed by atoms with Crippen LogP contribution in [-0.2, 0) is 4.79 Å². The summed E-state index contributed by atoms with van der Waals surface area (Å²) in [6.45, 7) is 4.64. The molecular weight excluding hydrogens is 488 g/mol. The number of amides is 1. The number of aromatic nitrogens is 2. The molecule has 194 valence electrons. The van der Waals surface area contributed by atoms with Gasteiger partial charge in [-0.25, -0.2) is 4.98 Å². The normalized spacial score (nSPS) is 17.3. The highest BCUT2D eigenvalue weighted by Gasteiger charge is 2.32. The summed E-state index contributed by atoms with van der Waals surface area (Å²) in [7, 11) is 0. The maximum atomic E-state index is 13.4. The lowest BCUT2D eigenvalue weighted by Crippen LogP contribution is -2.29. The minimum Gasteiger partial charge on any atom is -0.356 e. The van der Waals surface area contributed by atoms with Crippen molar-refractivity contribution in [2.75, 3.05) is 24.5 Å². The van der Waals surface area contributed by atoms with Gasteiger partial charge < -0.3 is 4.90 Å². The molecule has 2 fully saturated rings. The molecule has 0 radical (unpaired) electrons. The molecule has 8 heteroatoms. The zero-order valence-corrected chi connectivity index (χ0v) is 23.0. The van der Waals surface area contributed by atoms with Crippen LogP contribution in [0, 0.1) is 0 Å². The summed E-state index contributed by atoms with van der Waals surface area (Å²) in [6.07, 6.45) is 18.1. The van der Waals surface area contributed by atoms with Gasteiger partial charge in [-0.3, -0.25) is 18.9 Å². The Bertz CT molecular complexity index is 1150. The Morgan fingerprint density at radius 1 is 0.972 bits per heavy atom. The number of hydrogen-bond donors (Lipinski definition) is 0. The fraction of sp³-hybridized carbons (Fsp3) is 0.571. The van der Waals surface area contributed by atoms with Crippen LogP contribution in [0.3, 0.4) is 0 Å². The molecule has 4 heterocycles. The molecule has 36 heavy (non-hydrogen) atoms. The summed E-state index contributed by atoms with van der Waals surface area (Å²) in [5, 5.41) is 0. The van der Waals surface area contributed by atoms with Gasteiger partial charge >= 0.3 is 0 Å². The quantitative estimate of drug-likeness (QED) is 0.171. The molecule has 2 aromatic heterocycles. The number of anilines is 1. The average Bonchev–Trinajstić information content (AvgIpc) is 3.51. The molecule has 6 nitrogen and oxygen atoms in total. The van der Waals surface area contributed by atoms with E-state index in [1.54, 1.807) is 21.6 Å². The van der Waals surface area contributed by atoms with Gasteiger partial charge in [-0.1, -0.05) is 94.8 Å². The number of carbonyl (C=O) groups excluding carboxylic acids is 1. The average molecular weight is 527 g/mol. The minimum atomic E-state index is -0.150. The smallest absolute Gasteiger partial charge is 0.267 e. The third-order valence-electron chi connectivity index (χ3n) is 7.04. The van der Waals surface area contributed by atoms with Crippen molar-refractivity contribution in [3.63, 3.8) is 0 Å². The van der Waals surface area contributed by atoms with Crippen molar-refractivity contribution in [1.29, 1.82) is 0 Å². The first kappa shape index (κ1) is 26.9. The summed E-state index contributed by atoms with van der Waals surface area (Å²) >= 11 is 6.85. The fourth-order valence-corrected chi connectivity index (χ4v) is 6.26. The molecule has 0 N–H and O–H groups in total. The SMILES string of the molecule is CCCCCCCCCCCCN1C(=O)/C(=C\c2c(N3CCCC3)nc3ccccn3c2=O)SC1=S. The Morgan fingerprint density at radius 3 is 2.33 bits per heavy atom. The highest BCUT2D eigenvalue weighted by molar-refractivity contribution is 8.26. The van der Waals surface area contributed by atoms with E-state index in [-0.39, 0.29) is 11.5 Å². The van der Waals surface area contributed by atoms with Gasteiger partial charge in [-0.15, -0.1) is 0 Å². The van der Waals surface area contributed by atoms with Gasteiger partial charge in [0.15, 0.2) is 0 Å². The predicted molar refractivity (Wildman–Crippen MR) is 155 cm³/mol. The molecule has 0 unspecified atom stereocenters. The maximum Gasteiger partial charge on any atom is 0.267 e. The van der Waals surface area contributed by atoms with Crippen molar-refractivity contribution in [3.8, 4) is 0 Å². The first-order valence-electron chi connectivity index (χ1n) is 13.6. The minimum absolute atomic E-state index is 0.0918. The lowest BCUT2D eigenvalue weighted by Gasteiger charge is -2.19. The van der Waals surface area contributed by atoms with Crippen LogP contribution in [0.1, 0.15) is 89.5 Å². The molecule has 0 atom stereocenters. The second-order valence-corrected chi connectivity index (χ2v) is 11.5. The predicted octanol–water partition coefficient (Wildman–Crippen LogP) is 6.42. The number of thiocarbonyl (C=S) groups is 1. The number of hydrogen-bond acceptors (Lipinski definition) is 6. The largest absolute Gasteiger partial charge is 0.356 e. The lowest BCUT2D eigenvalue weighted by molar-refractivity contribution is -0.122. The van der Waals surface area contributed by atoms with Crippen molar-refractivity contribution in [1.82, 2.24) is 14.3 Å². The summed E-state index contributed by atoms with van der Waals surface area (Å²) in [6, 6.07) is 5.55. The Balaban J connectivity index is 1.39. The van der Waals surface area contributed by atoms with Gasteiger partial charge in [0.05, 0.1) is 10.5 Å². The molecule has 4 rings (SSSR count). The number of fused-ring (bicyclic) bond motifs is 1. The van der Waals surface area contributed by atoms with Crippen LogP contribution < -0.4 is 10.5 Å². The number of unbranched alkanes of at least 4 members (excludes halogenated alkanes) is 9. The Kier molecular flexibility index (Phi) is 9.98.